The number of rotatable bonds is 5. The molecule has 0 aromatic heterocycles. The van der Waals surface area contributed by atoms with Gasteiger partial charge in [-0.05, 0) is 13.8 Å². The molecule has 0 aliphatic rings. The van der Waals surface area contributed by atoms with Crippen LogP contribution in [0.3, 0.4) is 0 Å². The Morgan fingerprint density at radius 1 is 0.929 bits per heavy atom. The van der Waals surface area contributed by atoms with Gasteiger partial charge in [0.1, 0.15) is 13.2 Å². The molecule has 0 saturated heterocycles. The zero-order chi connectivity index (χ0) is 10.8. The number of ether oxygens (including phenoxy) is 2. The van der Waals surface area contributed by atoms with Crippen LogP contribution in [0.2, 0.25) is 0 Å². The van der Waals surface area contributed by atoms with Crippen molar-refractivity contribution >= 4 is 0 Å². The molecule has 2 heteroatoms. The molecule has 0 spiro atoms. The summed E-state index contributed by atoms with van der Waals surface area (Å²) < 4.78 is 10.9. The molecule has 0 aliphatic carbocycles. The summed E-state index contributed by atoms with van der Waals surface area (Å²) in [5.74, 6) is 11.5. The summed E-state index contributed by atoms with van der Waals surface area (Å²) in [6, 6.07) is 0. The summed E-state index contributed by atoms with van der Waals surface area (Å²) in [6.07, 6.45) is -0.211. The molecular weight excluding hydrogens is 176 g/mol. The zero-order valence-electron chi connectivity index (χ0n) is 9.39. The molecule has 0 fully saturated rings. The monoisotopic (exact) mass is 194 g/mol. The lowest BCUT2D eigenvalue weighted by atomic mass is 10.2. The van der Waals surface area contributed by atoms with Gasteiger partial charge in [0.2, 0.25) is 0 Å². The van der Waals surface area contributed by atoms with E-state index < -0.39 is 0 Å². The fraction of sp³-hybridized carbons (Fsp3) is 0.667. The maximum atomic E-state index is 5.43. The molecule has 0 aromatic rings. The van der Waals surface area contributed by atoms with Crippen LogP contribution in [0.25, 0.3) is 0 Å². The molecule has 0 radical (unpaired) electrons. The van der Waals surface area contributed by atoms with Crippen LogP contribution in [0.1, 0.15) is 27.7 Å². The minimum atomic E-state index is -0.211. The van der Waals surface area contributed by atoms with Gasteiger partial charge in [0, 0.05) is 5.92 Å². The van der Waals surface area contributed by atoms with Crippen molar-refractivity contribution in [2.24, 2.45) is 5.92 Å². The lowest BCUT2D eigenvalue weighted by Crippen LogP contribution is -2.24. The summed E-state index contributed by atoms with van der Waals surface area (Å²) in [5, 5.41) is 0. The van der Waals surface area contributed by atoms with Gasteiger partial charge in [-0.15, -0.1) is 11.8 Å². The van der Waals surface area contributed by atoms with E-state index in [0.717, 1.165) is 0 Å². The maximum Gasteiger partial charge on any atom is 0.162 e. The van der Waals surface area contributed by atoms with Gasteiger partial charge < -0.3 is 9.47 Å². The molecule has 0 amide bonds. The van der Waals surface area contributed by atoms with Gasteiger partial charge in [0.25, 0.3) is 0 Å². The van der Waals surface area contributed by atoms with E-state index in [4.69, 9.17) is 9.47 Å². The Kier molecular flexibility index (Phi) is 8.04. The molecule has 0 unspecified atom stereocenters. The first kappa shape index (κ1) is 13.0. The van der Waals surface area contributed by atoms with Crippen molar-refractivity contribution in [1.82, 2.24) is 0 Å². The van der Waals surface area contributed by atoms with Crippen molar-refractivity contribution in [1.29, 1.82) is 0 Å². The summed E-state index contributed by atoms with van der Waals surface area (Å²) in [6.45, 7) is 8.50. The highest BCUT2D eigenvalue weighted by molar-refractivity contribution is 4.96. The van der Waals surface area contributed by atoms with Crippen molar-refractivity contribution in [3.05, 3.63) is 0 Å². The summed E-state index contributed by atoms with van der Waals surface area (Å²) in [7, 11) is 0. The Bertz CT molecular complexity index is 223. The average molecular weight is 194 g/mol. The van der Waals surface area contributed by atoms with E-state index in [0.29, 0.717) is 19.1 Å². The molecule has 0 aliphatic heterocycles. The summed E-state index contributed by atoms with van der Waals surface area (Å²) in [5.41, 5.74) is 0. The normalized spacial score (nSPS) is 9.29. The topological polar surface area (TPSA) is 18.5 Å². The quantitative estimate of drug-likeness (QED) is 0.492. The Balaban J connectivity index is 3.85. The minimum Gasteiger partial charge on any atom is -0.340 e. The third-order valence-electron chi connectivity index (χ3n) is 1.54. The molecule has 0 saturated carbocycles. The Morgan fingerprint density at radius 2 is 1.36 bits per heavy atom. The first-order chi connectivity index (χ1) is 6.72. The van der Waals surface area contributed by atoms with Gasteiger partial charge in [-0.3, -0.25) is 0 Å². The predicted molar refractivity (Wildman–Crippen MR) is 57.4 cm³/mol. The second-order valence-corrected chi connectivity index (χ2v) is 3.09. The van der Waals surface area contributed by atoms with Crippen LogP contribution in [-0.4, -0.2) is 19.5 Å². The second-order valence-electron chi connectivity index (χ2n) is 3.09. The van der Waals surface area contributed by atoms with Crippen molar-refractivity contribution in [2.75, 3.05) is 13.2 Å². The Morgan fingerprint density at radius 3 is 1.64 bits per heavy atom. The number of hydrogen-bond acceptors (Lipinski definition) is 2. The first-order valence-electron chi connectivity index (χ1n) is 4.74. The van der Waals surface area contributed by atoms with E-state index in [1.54, 1.807) is 13.8 Å². The van der Waals surface area contributed by atoms with Gasteiger partial charge in [-0.25, -0.2) is 0 Å². The standard InChI is InChI=1S/C12H18O2/c1-5-7-9-13-12(11(3)4)14-10-8-6-2/h11-12H,9-10H2,1-4H3. The molecule has 0 N–H and O–H groups in total. The largest absolute Gasteiger partial charge is 0.340 e. The smallest absolute Gasteiger partial charge is 0.162 e. The van der Waals surface area contributed by atoms with Crippen LogP contribution in [0.5, 0.6) is 0 Å². The fourth-order valence-electron chi connectivity index (χ4n) is 0.825. The van der Waals surface area contributed by atoms with Gasteiger partial charge in [0.15, 0.2) is 6.29 Å². The van der Waals surface area contributed by atoms with E-state index in [9.17, 15) is 0 Å². The van der Waals surface area contributed by atoms with Crippen LogP contribution in [0, 0.1) is 29.6 Å². The first-order valence-corrected chi connectivity index (χ1v) is 4.74. The van der Waals surface area contributed by atoms with Crippen molar-refractivity contribution in [3.8, 4) is 23.7 Å². The molecule has 78 valence electrons. The van der Waals surface area contributed by atoms with E-state index in [1.807, 2.05) is 13.8 Å². The lowest BCUT2D eigenvalue weighted by Gasteiger charge is -2.19. The van der Waals surface area contributed by atoms with Crippen LogP contribution >= 0.6 is 0 Å². The van der Waals surface area contributed by atoms with Crippen LogP contribution < -0.4 is 0 Å². The van der Waals surface area contributed by atoms with E-state index in [1.165, 1.54) is 0 Å². The molecule has 14 heavy (non-hydrogen) atoms. The highest BCUT2D eigenvalue weighted by Gasteiger charge is 2.12. The molecule has 0 rings (SSSR count). The van der Waals surface area contributed by atoms with Crippen molar-refractivity contribution < 1.29 is 9.47 Å². The molecule has 0 heterocycles. The molecule has 0 atom stereocenters. The summed E-state index contributed by atoms with van der Waals surface area (Å²) >= 11 is 0. The zero-order valence-corrected chi connectivity index (χ0v) is 9.39. The number of hydrogen-bond donors (Lipinski definition) is 0. The predicted octanol–water partition coefficient (Wildman–Crippen LogP) is 2.05. The second kappa shape index (κ2) is 8.63. The molecule has 0 bridgehead atoms. The van der Waals surface area contributed by atoms with Gasteiger partial charge in [0.05, 0.1) is 0 Å². The average Bonchev–Trinajstić information content (AvgIpc) is 2.15. The highest BCUT2D eigenvalue weighted by Crippen LogP contribution is 2.07. The lowest BCUT2D eigenvalue weighted by molar-refractivity contribution is -0.149. The van der Waals surface area contributed by atoms with Crippen LogP contribution in [-0.2, 0) is 9.47 Å². The Hall–Kier alpha value is -0.960. The van der Waals surface area contributed by atoms with Crippen LogP contribution in [0.4, 0.5) is 0 Å². The van der Waals surface area contributed by atoms with E-state index >= 15 is 0 Å². The third kappa shape index (κ3) is 6.54. The SMILES string of the molecule is CC#CCOC(OCC#CC)C(C)C. The molecule has 2 nitrogen and oxygen atoms in total. The van der Waals surface area contributed by atoms with Gasteiger partial charge in [-0.2, -0.15) is 0 Å². The minimum absolute atomic E-state index is 0.211. The summed E-state index contributed by atoms with van der Waals surface area (Å²) in [4.78, 5) is 0. The molecule has 0 aromatic carbocycles. The Labute approximate surface area is 87.0 Å². The van der Waals surface area contributed by atoms with Crippen molar-refractivity contribution in [2.45, 2.75) is 34.0 Å². The van der Waals surface area contributed by atoms with Gasteiger partial charge in [-0.1, -0.05) is 25.7 Å². The van der Waals surface area contributed by atoms with E-state index in [2.05, 4.69) is 23.7 Å². The molecular formula is C12H18O2. The van der Waals surface area contributed by atoms with Gasteiger partial charge >= 0.3 is 0 Å². The third-order valence-corrected chi connectivity index (χ3v) is 1.54. The van der Waals surface area contributed by atoms with E-state index in [-0.39, 0.29) is 6.29 Å². The van der Waals surface area contributed by atoms with Crippen molar-refractivity contribution in [3.63, 3.8) is 0 Å². The highest BCUT2D eigenvalue weighted by atomic mass is 16.7. The maximum absolute atomic E-state index is 5.43. The fourth-order valence-corrected chi connectivity index (χ4v) is 0.825. The van der Waals surface area contributed by atoms with Crippen LogP contribution in [0.15, 0.2) is 0 Å².